The quantitative estimate of drug-likeness (QED) is 0.786. The fourth-order valence-corrected chi connectivity index (χ4v) is 2.46. The van der Waals surface area contributed by atoms with Crippen molar-refractivity contribution in [3.8, 4) is 0 Å². The van der Waals surface area contributed by atoms with Crippen LogP contribution in [0.1, 0.15) is 0 Å². The van der Waals surface area contributed by atoms with Crippen molar-refractivity contribution < 1.29 is 0 Å². The highest BCUT2D eigenvalue weighted by molar-refractivity contribution is 9.10. The van der Waals surface area contributed by atoms with E-state index in [2.05, 4.69) is 36.2 Å². The van der Waals surface area contributed by atoms with Gasteiger partial charge in [-0.25, -0.2) is 15.0 Å². The second-order valence-electron chi connectivity index (χ2n) is 3.34. The van der Waals surface area contributed by atoms with E-state index in [1.165, 1.54) is 0 Å². The Labute approximate surface area is 110 Å². The summed E-state index contributed by atoms with van der Waals surface area (Å²) in [5, 5.41) is 3.88. The lowest BCUT2D eigenvalue weighted by atomic mass is 10.3. The van der Waals surface area contributed by atoms with Crippen LogP contribution in [0, 0.1) is 0 Å². The number of fused-ring (bicyclic) bond motifs is 1. The van der Waals surface area contributed by atoms with E-state index in [0.29, 0.717) is 5.95 Å². The van der Waals surface area contributed by atoms with Crippen molar-refractivity contribution in [3.63, 3.8) is 0 Å². The maximum atomic E-state index is 4.45. The highest BCUT2D eigenvalue weighted by atomic mass is 79.9. The highest BCUT2D eigenvalue weighted by Gasteiger charge is 2.04. The molecule has 0 amide bonds. The van der Waals surface area contributed by atoms with Gasteiger partial charge in [0.15, 0.2) is 5.13 Å². The fourth-order valence-electron chi connectivity index (χ4n) is 1.40. The molecule has 0 saturated heterocycles. The largest absolute Gasteiger partial charge is 0.300 e. The van der Waals surface area contributed by atoms with Gasteiger partial charge < -0.3 is 5.32 Å². The Kier molecular flexibility index (Phi) is 2.74. The SMILES string of the molecule is Brc1cnc(Nc2nc3ccccc3s2)nc1. The maximum Gasteiger partial charge on any atom is 0.228 e. The molecule has 84 valence electrons. The molecule has 17 heavy (non-hydrogen) atoms. The Hall–Kier alpha value is -1.53. The zero-order valence-electron chi connectivity index (χ0n) is 8.59. The lowest BCUT2D eigenvalue weighted by molar-refractivity contribution is 1.15. The van der Waals surface area contributed by atoms with Gasteiger partial charge in [0.05, 0.1) is 14.7 Å². The Morgan fingerprint density at radius 3 is 2.65 bits per heavy atom. The van der Waals surface area contributed by atoms with Crippen LogP contribution in [-0.4, -0.2) is 15.0 Å². The fraction of sp³-hybridized carbons (Fsp3) is 0. The van der Waals surface area contributed by atoms with Crippen molar-refractivity contribution in [3.05, 3.63) is 41.1 Å². The van der Waals surface area contributed by atoms with Crippen LogP contribution in [0.15, 0.2) is 41.1 Å². The Bertz CT molecular complexity index is 617. The van der Waals surface area contributed by atoms with E-state index in [0.717, 1.165) is 19.8 Å². The Morgan fingerprint density at radius 1 is 1.12 bits per heavy atom. The topological polar surface area (TPSA) is 50.7 Å². The predicted molar refractivity (Wildman–Crippen MR) is 72.6 cm³/mol. The minimum atomic E-state index is 0.548. The molecule has 0 unspecified atom stereocenters. The maximum absolute atomic E-state index is 4.45. The van der Waals surface area contributed by atoms with Gasteiger partial charge in [-0.05, 0) is 28.1 Å². The molecule has 1 N–H and O–H groups in total. The minimum Gasteiger partial charge on any atom is -0.300 e. The third-order valence-electron chi connectivity index (χ3n) is 2.13. The van der Waals surface area contributed by atoms with Crippen molar-refractivity contribution in [2.24, 2.45) is 0 Å². The number of nitrogens with one attached hydrogen (secondary N) is 1. The second-order valence-corrected chi connectivity index (χ2v) is 5.28. The molecule has 0 aliphatic heterocycles. The van der Waals surface area contributed by atoms with Crippen molar-refractivity contribution in [2.45, 2.75) is 0 Å². The van der Waals surface area contributed by atoms with E-state index < -0.39 is 0 Å². The smallest absolute Gasteiger partial charge is 0.228 e. The number of nitrogens with zero attached hydrogens (tertiary/aromatic N) is 3. The number of benzene rings is 1. The average Bonchev–Trinajstić information content (AvgIpc) is 2.74. The molecular weight excluding hydrogens is 300 g/mol. The van der Waals surface area contributed by atoms with Gasteiger partial charge in [0, 0.05) is 12.4 Å². The van der Waals surface area contributed by atoms with Gasteiger partial charge in [0.1, 0.15) is 0 Å². The Morgan fingerprint density at radius 2 is 1.88 bits per heavy atom. The predicted octanol–water partition coefficient (Wildman–Crippen LogP) is 3.59. The standard InChI is InChI=1S/C11H7BrN4S/c12-7-5-13-10(14-6-7)16-11-15-8-3-1-2-4-9(8)17-11/h1-6H,(H,13,14,15,16). The molecule has 0 saturated carbocycles. The Balaban J connectivity index is 1.92. The monoisotopic (exact) mass is 306 g/mol. The van der Waals surface area contributed by atoms with Gasteiger partial charge in [-0.1, -0.05) is 23.5 Å². The summed E-state index contributed by atoms with van der Waals surface area (Å²) < 4.78 is 2.00. The molecule has 0 aliphatic carbocycles. The number of hydrogen-bond donors (Lipinski definition) is 1. The molecule has 0 bridgehead atoms. The first kappa shape index (κ1) is 10.6. The molecule has 0 aliphatic rings. The van der Waals surface area contributed by atoms with Gasteiger partial charge in [-0.15, -0.1) is 0 Å². The third kappa shape index (κ3) is 2.27. The molecule has 0 spiro atoms. The van der Waals surface area contributed by atoms with E-state index in [9.17, 15) is 0 Å². The van der Waals surface area contributed by atoms with Crippen molar-refractivity contribution >= 4 is 48.6 Å². The summed E-state index contributed by atoms with van der Waals surface area (Å²) in [7, 11) is 0. The number of anilines is 2. The summed E-state index contributed by atoms with van der Waals surface area (Å²) in [5.41, 5.74) is 0.983. The lowest BCUT2D eigenvalue weighted by Gasteiger charge is -1.98. The molecule has 3 aromatic rings. The molecule has 0 atom stereocenters. The molecule has 2 aromatic heterocycles. The van der Waals surface area contributed by atoms with Gasteiger partial charge in [0.2, 0.25) is 5.95 Å². The molecular formula is C11H7BrN4S. The van der Waals surface area contributed by atoms with Crippen LogP contribution >= 0.6 is 27.3 Å². The first-order chi connectivity index (χ1) is 8.31. The zero-order valence-corrected chi connectivity index (χ0v) is 11.0. The van der Waals surface area contributed by atoms with Crippen LogP contribution < -0.4 is 5.32 Å². The minimum absolute atomic E-state index is 0.548. The van der Waals surface area contributed by atoms with E-state index in [1.54, 1.807) is 23.7 Å². The summed E-state index contributed by atoms with van der Waals surface area (Å²) in [6.07, 6.45) is 3.39. The lowest BCUT2D eigenvalue weighted by Crippen LogP contribution is -1.95. The first-order valence-corrected chi connectivity index (χ1v) is 6.52. The first-order valence-electron chi connectivity index (χ1n) is 4.91. The number of hydrogen-bond acceptors (Lipinski definition) is 5. The van der Waals surface area contributed by atoms with Crippen molar-refractivity contribution in [1.29, 1.82) is 0 Å². The highest BCUT2D eigenvalue weighted by Crippen LogP contribution is 2.26. The summed E-state index contributed by atoms with van der Waals surface area (Å²) in [5.74, 6) is 0.548. The van der Waals surface area contributed by atoms with E-state index in [1.807, 2.05) is 24.3 Å². The summed E-state index contributed by atoms with van der Waals surface area (Å²) >= 11 is 4.88. The van der Waals surface area contributed by atoms with E-state index in [4.69, 9.17) is 0 Å². The second kappa shape index (κ2) is 4.38. The molecule has 4 nitrogen and oxygen atoms in total. The van der Waals surface area contributed by atoms with E-state index >= 15 is 0 Å². The van der Waals surface area contributed by atoms with Crippen molar-refractivity contribution in [2.75, 3.05) is 5.32 Å². The summed E-state index contributed by atoms with van der Waals surface area (Å²) in [6.45, 7) is 0. The van der Waals surface area contributed by atoms with Gasteiger partial charge >= 0.3 is 0 Å². The van der Waals surface area contributed by atoms with Crippen LogP contribution in [0.3, 0.4) is 0 Å². The number of rotatable bonds is 2. The van der Waals surface area contributed by atoms with Crippen LogP contribution in [0.5, 0.6) is 0 Å². The normalized spacial score (nSPS) is 10.6. The third-order valence-corrected chi connectivity index (χ3v) is 3.49. The number of thiazole rings is 1. The van der Waals surface area contributed by atoms with Crippen molar-refractivity contribution in [1.82, 2.24) is 15.0 Å². The van der Waals surface area contributed by atoms with Crippen LogP contribution in [0.2, 0.25) is 0 Å². The van der Waals surface area contributed by atoms with Gasteiger partial charge in [-0.3, -0.25) is 0 Å². The number of halogens is 1. The molecule has 6 heteroatoms. The number of aromatic nitrogens is 3. The van der Waals surface area contributed by atoms with Gasteiger partial charge in [-0.2, -0.15) is 0 Å². The molecule has 0 radical (unpaired) electrons. The molecule has 1 aromatic carbocycles. The summed E-state index contributed by atoms with van der Waals surface area (Å²) in [6, 6.07) is 8.00. The van der Waals surface area contributed by atoms with Gasteiger partial charge in [0.25, 0.3) is 0 Å². The average molecular weight is 307 g/mol. The van der Waals surface area contributed by atoms with Crippen LogP contribution in [0.4, 0.5) is 11.1 Å². The molecule has 3 rings (SSSR count). The van der Waals surface area contributed by atoms with Crippen LogP contribution in [0.25, 0.3) is 10.2 Å². The zero-order chi connectivity index (χ0) is 11.7. The summed E-state index contributed by atoms with van der Waals surface area (Å²) in [4.78, 5) is 12.7. The molecule has 2 heterocycles. The number of para-hydroxylation sites is 1. The van der Waals surface area contributed by atoms with Crippen LogP contribution in [-0.2, 0) is 0 Å². The molecule has 0 fully saturated rings. The van der Waals surface area contributed by atoms with E-state index in [-0.39, 0.29) is 0 Å².